The number of quaternary nitrogens is 2. The molecular formula is C22H34N2O2+2. The third-order valence-electron chi connectivity index (χ3n) is 5.26. The van der Waals surface area contributed by atoms with Crippen LogP contribution in [0.2, 0.25) is 0 Å². The molecule has 2 aromatic rings. The Morgan fingerprint density at radius 1 is 1.08 bits per heavy atom. The van der Waals surface area contributed by atoms with E-state index in [1.165, 1.54) is 5.39 Å². The number of aliphatic hydroxyl groups is 1. The molecule has 0 radical (unpaired) electrons. The Hall–Kier alpha value is -1.62. The first-order valence-electron chi connectivity index (χ1n) is 9.73. The summed E-state index contributed by atoms with van der Waals surface area (Å²) in [5, 5.41) is 17.5. The van der Waals surface area contributed by atoms with Gasteiger partial charge in [-0.3, -0.25) is 0 Å². The fourth-order valence-electron chi connectivity index (χ4n) is 4.63. The van der Waals surface area contributed by atoms with E-state index < -0.39 is 6.10 Å². The third kappa shape index (κ3) is 5.19. The second-order valence-electron chi connectivity index (χ2n) is 9.24. The highest BCUT2D eigenvalue weighted by atomic mass is 16.5. The number of hydrogen-bond donors (Lipinski definition) is 3. The topological polar surface area (TPSA) is 62.7 Å². The predicted octanol–water partition coefficient (Wildman–Crippen LogP) is 1.43. The lowest BCUT2D eigenvalue weighted by Crippen LogP contribution is -3.09. The number of benzene rings is 2. The molecule has 1 atom stereocenters. The van der Waals surface area contributed by atoms with Crippen molar-refractivity contribution in [1.82, 2.24) is 0 Å². The molecule has 1 aliphatic heterocycles. The monoisotopic (exact) mass is 358 g/mol. The average Bonchev–Trinajstić information content (AvgIpc) is 2.55. The van der Waals surface area contributed by atoms with Crippen molar-refractivity contribution in [2.45, 2.75) is 63.8 Å². The molecule has 142 valence electrons. The molecule has 1 aliphatic rings. The molecule has 0 aromatic heterocycles. The van der Waals surface area contributed by atoms with Crippen molar-refractivity contribution >= 4 is 10.8 Å². The Morgan fingerprint density at radius 3 is 2.42 bits per heavy atom. The first-order chi connectivity index (χ1) is 12.2. The molecule has 1 saturated heterocycles. The molecule has 0 spiro atoms. The Morgan fingerprint density at radius 2 is 1.73 bits per heavy atom. The van der Waals surface area contributed by atoms with Gasteiger partial charge in [0.15, 0.2) is 0 Å². The maximum Gasteiger partial charge on any atom is 0.137 e. The van der Waals surface area contributed by atoms with Crippen LogP contribution in [0.25, 0.3) is 10.8 Å². The first-order valence-corrected chi connectivity index (χ1v) is 9.73. The van der Waals surface area contributed by atoms with Gasteiger partial charge in [0.25, 0.3) is 0 Å². The highest BCUT2D eigenvalue weighted by Crippen LogP contribution is 2.21. The Balaban J connectivity index is 1.48. The van der Waals surface area contributed by atoms with Gasteiger partial charge in [-0.05, 0) is 50.6 Å². The lowest BCUT2D eigenvalue weighted by atomic mass is 9.79. The number of piperidine rings is 1. The van der Waals surface area contributed by atoms with E-state index >= 15 is 0 Å². The van der Waals surface area contributed by atoms with Crippen molar-refractivity contribution in [1.29, 1.82) is 0 Å². The smallest absolute Gasteiger partial charge is 0.137 e. The van der Waals surface area contributed by atoms with Crippen molar-refractivity contribution in [3.05, 3.63) is 42.5 Å². The minimum Gasteiger partial charge on any atom is -0.491 e. The second-order valence-corrected chi connectivity index (χ2v) is 9.24. The highest BCUT2D eigenvalue weighted by Gasteiger charge is 2.43. The molecule has 1 fully saturated rings. The van der Waals surface area contributed by atoms with Crippen LogP contribution < -0.4 is 15.4 Å². The molecule has 2 aromatic carbocycles. The summed E-state index contributed by atoms with van der Waals surface area (Å²) in [6.45, 7) is 10.3. The summed E-state index contributed by atoms with van der Waals surface area (Å²) in [5.74, 6) is 0.817. The fourth-order valence-corrected chi connectivity index (χ4v) is 4.63. The number of fused-ring (bicyclic) bond motifs is 1. The van der Waals surface area contributed by atoms with Gasteiger partial charge in [-0.1, -0.05) is 30.3 Å². The standard InChI is InChI=1S/C22H32N2O2/c1-21(2)12-18(13-22(3,4)24-21)23-14-19(25)15-26-20-10-9-16-7-5-6-8-17(16)11-20/h5-11,18-19,23-25H,12-15H2,1-4H3/p+2/t19-/m0/s1. The van der Waals surface area contributed by atoms with Crippen LogP contribution in [0.15, 0.2) is 42.5 Å². The molecule has 0 bridgehead atoms. The van der Waals surface area contributed by atoms with Crippen molar-refractivity contribution in [3.8, 4) is 5.75 Å². The molecule has 0 unspecified atom stereocenters. The summed E-state index contributed by atoms with van der Waals surface area (Å²) in [4.78, 5) is 0. The average molecular weight is 359 g/mol. The minimum atomic E-state index is -0.460. The zero-order valence-electron chi connectivity index (χ0n) is 16.5. The lowest BCUT2D eigenvalue weighted by Gasteiger charge is -2.41. The van der Waals surface area contributed by atoms with E-state index in [9.17, 15) is 5.11 Å². The second kappa shape index (κ2) is 7.55. The zero-order chi connectivity index (χ0) is 18.8. The first kappa shape index (κ1) is 19.2. The van der Waals surface area contributed by atoms with E-state index in [0.29, 0.717) is 19.2 Å². The van der Waals surface area contributed by atoms with E-state index in [4.69, 9.17) is 4.74 Å². The molecule has 3 rings (SSSR count). The number of hydrogen-bond acceptors (Lipinski definition) is 2. The number of ether oxygens (including phenoxy) is 1. The molecule has 0 saturated carbocycles. The predicted molar refractivity (Wildman–Crippen MR) is 105 cm³/mol. The summed E-state index contributed by atoms with van der Waals surface area (Å²) in [6, 6.07) is 14.9. The molecule has 5 N–H and O–H groups in total. The van der Waals surface area contributed by atoms with Crippen LogP contribution in [-0.4, -0.2) is 41.5 Å². The molecule has 0 amide bonds. The number of aliphatic hydroxyl groups excluding tert-OH is 1. The Kier molecular flexibility index (Phi) is 5.56. The van der Waals surface area contributed by atoms with E-state index in [1.807, 2.05) is 24.3 Å². The van der Waals surface area contributed by atoms with Crippen molar-refractivity contribution < 1.29 is 20.5 Å². The minimum absolute atomic E-state index is 0.259. The van der Waals surface area contributed by atoms with Crippen LogP contribution in [0.4, 0.5) is 0 Å². The quantitative estimate of drug-likeness (QED) is 0.731. The molecular weight excluding hydrogens is 324 g/mol. The van der Waals surface area contributed by atoms with Crippen molar-refractivity contribution in [3.63, 3.8) is 0 Å². The summed E-state index contributed by atoms with van der Waals surface area (Å²) in [5.41, 5.74) is 0.519. The Labute approximate surface area is 156 Å². The van der Waals surface area contributed by atoms with Crippen molar-refractivity contribution in [2.75, 3.05) is 13.2 Å². The van der Waals surface area contributed by atoms with Gasteiger partial charge < -0.3 is 20.5 Å². The molecule has 0 aliphatic carbocycles. The summed E-state index contributed by atoms with van der Waals surface area (Å²) >= 11 is 0. The van der Waals surface area contributed by atoms with Gasteiger partial charge in [0, 0.05) is 0 Å². The molecule has 1 heterocycles. The van der Waals surface area contributed by atoms with Gasteiger partial charge in [0.2, 0.25) is 0 Å². The van der Waals surface area contributed by atoms with E-state index in [-0.39, 0.29) is 11.1 Å². The lowest BCUT2D eigenvalue weighted by molar-refractivity contribution is -0.814. The summed E-state index contributed by atoms with van der Waals surface area (Å²) < 4.78 is 5.82. The van der Waals surface area contributed by atoms with E-state index in [1.54, 1.807) is 0 Å². The van der Waals surface area contributed by atoms with Gasteiger partial charge in [-0.15, -0.1) is 0 Å². The fraction of sp³-hybridized carbons (Fsp3) is 0.545. The third-order valence-corrected chi connectivity index (χ3v) is 5.26. The SMILES string of the molecule is CC1(C)CC([NH2+]C[C@H](O)COc2ccc3ccccc3c2)CC(C)(C)[NH2+]1. The number of nitrogens with two attached hydrogens (primary N) is 2. The largest absolute Gasteiger partial charge is 0.491 e. The van der Waals surface area contributed by atoms with Gasteiger partial charge >= 0.3 is 0 Å². The van der Waals surface area contributed by atoms with E-state index in [2.05, 4.69) is 56.5 Å². The summed E-state index contributed by atoms with van der Waals surface area (Å²) in [7, 11) is 0. The molecule has 4 nitrogen and oxygen atoms in total. The van der Waals surface area contributed by atoms with Crippen LogP contribution in [0, 0.1) is 0 Å². The van der Waals surface area contributed by atoms with Crippen molar-refractivity contribution in [2.24, 2.45) is 0 Å². The van der Waals surface area contributed by atoms with Gasteiger partial charge in [0.1, 0.15) is 25.0 Å². The van der Waals surface area contributed by atoms with Crippen LogP contribution >= 0.6 is 0 Å². The molecule has 26 heavy (non-hydrogen) atoms. The van der Waals surface area contributed by atoms with Crippen LogP contribution in [0.1, 0.15) is 40.5 Å². The maximum absolute atomic E-state index is 10.4. The van der Waals surface area contributed by atoms with Gasteiger partial charge in [-0.25, -0.2) is 0 Å². The molecule has 4 heteroatoms. The normalized spacial score (nSPS) is 20.8. The number of rotatable bonds is 6. The summed E-state index contributed by atoms with van der Waals surface area (Å²) in [6.07, 6.45) is 1.86. The van der Waals surface area contributed by atoms with E-state index in [0.717, 1.165) is 24.0 Å². The highest BCUT2D eigenvalue weighted by molar-refractivity contribution is 5.83. The van der Waals surface area contributed by atoms with Gasteiger partial charge in [-0.2, -0.15) is 0 Å². The van der Waals surface area contributed by atoms with Crippen LogP contribution in [0.3, 0.4) is 0 Å². The van der Waals surface area contributed by atoms with Gasteiger partial charge in [0.05, 0.1) is 30.0 Å². The zero-order valence-corrected chi connectivity index (χ0v) is 16.5. The van der Waals surface area contributed by atoms with Crippen LogP contribution in [-0.2, 0) is 0 Å². The Bertz CT molecular complexity index is 726. The maximum atomic E-state index is 10.4. The van der Waals surface area contributed by atoms with Crippen LogP contribution in [0.5, 0.6) is 5.75 Å².